The van der Waals surface area contributed by atoms with Crippen LogP contribution in [0.3, 0.4) is 0 Å². The smallest absolute Gasteiger partial charge is 0.163 e. The van der Waals surface area contributed by atoms with Crippen molar-refractivity contribution in [2.45, 2.75) is 46.3 Å². The number of rotatable bonds is 4. The predicted octanol–water partition coefficient (Wildman–Crippen LogP) is 3.31. The third-order valence-corrected chi connectivity index (χ3v) is 3.90. The third kappa shape index (κ3) is 2.84. The van der Waals surface area contributed by atoms with E-state index in [0.717, 1.165) is 47.7 Å². The number of benzene rings is 1. The number of nitrogens with zero attached hydrogens (tertiary/aromatic N) is 2. The van der Waals surface area contributed by atoms with Gasteiger partial charge in [0.1, 0.15) is 12.4 Å². The van der Waals surface area contributed by atoms with E-state index in [1.807, 2.05) is 35.9 Å². The number of Topliss-reactive ketones (excluding diaryl/α,β-unsaturated/α-hetero) is 1. The summed E-state index contributed by atoms with van der Waals surface area (Å²) in [5.74, 6) is 1.08. The van der Waals surface area contributed by atoms with Gasteiger partial charge in [-0.3, -0.25) is 9.48 Å². The summed E-state index contributed by atoms with van der Waals surface area (Å²) in [5.41, 5.74) is 4.06. The van der Waals surface area contributed by atoms with Crippen LogP contribution in [0, 0.1) is 6.92 Å². The Bertz CT molecular complexity index is 673. The van der Waals surface area contributed by atoms with Gasteiger partial charge in [-0.1, -0.05) is 0 Å². The molecule has 0 spiro atoms. The third-order valence-electron chi connectivity index (χ3n) is 3.90. The van der Waals surface area contributed by atoms with Gasteiger partial charge in [0.15, 0.2) is 5.78 Å². The average molecular weight is 284 g/mol. The molecule has 0 aliphatic heterocycles. The van der Waals surface area contributed by atoms with E-state index in [1.54, 1.807) is 0 Å². The number of hydrogen-bond donors (Lipinski definition) is 0. The van der Waals surface area contributed by atoms with Crippen molar-refractivity contribution in [3.05, 3.63) is 46.8 Å². The number of carbonyl (C=O) groups is 1. The molecule has 110 valence electrons. The molecule has 1 aromatic carbocycles. The molecule has 0 bridgehead atoms. The van der Waals surface area contributed by atoms with Gasteiger partial charge in [-0.15, -0.1) is 0 Å². The minimum absolute atomic E-state index is 0.252. The van der Waals surface area contributed by atoms with E-state index in [4.69, 9.17) is 4.74 Å². The Labute approximate surface area is 124 Å². The van der Waals surface area contributed by atoms with Crippen molar-refractivity contribution >= 4 is 5.78 Å². The number of ketones is 1. The fourth-order valence-electron chi connectivity index (χ4n) is 2.86. The summed E-state index contributed by atoms with van der Waals surface area (Å²) in [5, 5.41) is 4.41. The van der Waals surface area contributed by atoms with Crippen molar-refractivity contribution in [2.75, 3.05) is 0 Å². The molecule has 0 fully saturated rings. The van der Waals surface area contributed by atoms with Gasteiger partial charge in [0.05, 0.1) is 11.4 Å². The first-order valence-corrected chi connectivity index (χ1v) is 7.49. The van der Waals surface area contributed by atoms with Crippen molar-refractivity contribution < 1.29 is 9.53 Å². The summed E-state index contributed by atoms with van der Waals surface area (Å²) in [6.45, 7) is 5.40. The normalized spacial score (nSPS) is 14.1. The van der Waals surface area contributed by atoms with Crippen LogP contribution in [0.15, 0.2) is 24.3 Å². The number of ether oxygens (including phenoxy) is 1. The van der Waals surface area contributed by atoms with E-state index in [9.17, 15) is 4.79 Å². The molecule has 0 unspecified atom stereocenters. The van der Waals surface area contributed by atoms with Gasteiger partial charge in [0, 0.05) is 18.5 Å². The highest BCUT2D eigenvalue weighted by atomic mass is 16.5. The Morgan fingerprint density at radius 2 is 2.14 bits per heavy atom. The van der Waals surface area contributed by atoms with Gasteiger partial charge < -0.3 is 4.74 Å². The maximum absolute atomic E-state index is 11.8. The first-order valence-electron chi connectivity index (χ1n) is 7.49. The minimum Gasteiger partial charge on any atom is -0.487 e. The monoisotopic (exact) mass is 284 g/mol. The molecule has 0 atom stereocenters. The SMILES string of the molecule is CCn1nc(C)cc1COc1ccc2c(c1)CCCC2=O. The highest BCUT2D eigenvalue weighted by Gasteiger charge is 2.17. The molecule has 2 aromatic rings. The maximum atomic E-state index is 11.8. The molecule has 3 rings (SSSR count). The zero-order valence-electron chi connectivity index (χ0n) is 12.6. The lowest BCUT2D eigenvalue weighted by atomic mass is 9.90. The lowest BCUT2D eigenvalue weighted by Crippen LogP contribution is -2.11. The summed E-state index contributed by atoms with van der Waals surface area (Å²) in [6.07, 6.45) is 2.57. The topological polar surface area (TPSA) is 44.1 Å². The van der Waals surface area contributed by atoms with Crippen molar-refractivity contribution in [3.63, 3.8) is 0 Å². The molecule has 21 heavy (non-hydrogen) atoms. The van der Waals surface area contributed by atoms with Crippen LogP contribution in [0.4, 0.5) is 0 Å². The molecule has 1 aliphatic carbocycles. The first-order chi connectivity index (χ1) is 10.2. The average Bonchev–Trinajstić information content (AvgIpc) is 2.85. The Balaban J connectivity index is 1.75. The molecule has 1 aliphatic rings. The van der Waals surface area contributed by atoms with Crippen LogP contribution >= 0.6 is 0 Å². The number of aromatic nitrogens is 2. The predicted molar refractivity (Wildman–Crippen MR) is 80.7 cm³/mol. The van der Waals surface area contributed by atoms with E-state index < -0.39 is 0 Å². The Hall–Kier alpha value is -2.10. The van der Waals surface area contributed by atoms with Crippen molar-refractivity contribution in [1.82, 2.24) is 9.78 Å². The van der Waals surface area contributed by atoms with Gasteiger partial charge in [-0.05, 0) is 56.5 Å². The molecule has 0 N–H and O–H groups in total. The summed E-state index contributed by atoms with van der Waals surface area (Å²) < 4.78 is 7.83. The second kappa shape index (κ2) is 5.72. The highest BCUT2D eigenvalue weighted by molar-refractivity contribution is 5.98. The van der Waals surface area contributed by atoms with Gasteiger partial charge in [-0.25, -0.2) is 0 Å². The lowest BCUT2D eigenvalue weighted by Gasteiger charge is -2.16. The molecule has 4 nitrogen and oxygen atoms in total. The summed E-state index contributed by atoms with van der Waals surface area (Å²) in [4.78, 5) is 11.8. The number of carbonyl (C=O) groups excluding carboxylic acids is 1. The van der Waals surface area contributed by atoms with Gasteiger partial charge >= 0.3 is 0 Å². The van der Waals surface area contributed by atoms with Crippen LogP contribution in [-0.4, -0.2) is 15.6 Å². The Morgan fingerprint density at radius 1 is 1.29 bits per heavy atom. The fraction of sp³-hybridized carbons (Fsp3) is 0.412. The summed E-state index contributed by atoms with van der Waals surface area (Å²) in [6, 6.07) is 7.84. The number of aryl methyl sites for hydroxylation is 3. The molecule has 0 radical (unpaired) electrons. The zero-order valence-corrected chi connectivity index (χ0v) is 12.6. The van der Waals surface area contributed by atoms with Crippen LogP contribution in [0.5, 0.6) is 5.75 Å². The molecule has 1 aromatic heterocycles. The van der Waals surface area contributed by atoms with Crippen LogP contribution in [0.2, 0.25) is 0 Å². The summed E-state index contributed by atoms with van der Waals surface area (Å²) in [7, 11) is 0. The molecule has 4 heteroatoms. The van der Waals surface area contributed by atoms with Gasteiger partial charge in [-0.2, -0.15) is 5.10 Å². The van der Waals surface area contributed by atoms with Crippen LogP contribution in [0.25, 0.3) is 0 Å². The number of fused-ring (bicyclic) bond motifs is 1. The van der Waals surface area contributed by atoms with Crippen molar-refractivity contribution in [3.8, 4) is 5.75 Å². The minimum atomic E-state index is 0.252. The quantitative estimate of drug-likeness (QED) is 0.865. The van der Waals surface area contributed by atoms with E-state index in [1.165, 1.54) is 0 Å². The maximum Gasteiger partial charge on any atom is 0.163 e. The molecule has 1 heterocycles. The highest BCUT2D eigenvalue weighted by Crippen LogP contribution is 2.25. The Morgan fingerprint density at radius 3 is 2.95 bits per heavy atom. The summed E-state index contributed by atoms with van der Waals surface area (Å²) >= 11 is 0. The fourth-order valence-corrected chi connectivity index (χ4v) is 2.86. The van der Waals surface area contributed by atoms with E-state index >= 15 is 0 Å². The first kappa shape index (κ1) is 13.9. The number of hydrogen-bond acceptors (Lipinski definition) is 3. The van der Waals surface area contributed by atoms with Crippen LogP contribution in [-0.2, 0) is 19.6 Å². The molecule has 0 saturated heterocycles. The Kier molecular flexibility index (Phi) is 3.78. The van der Waals surface area contributed by atoms with Crippen LogP contribution in [0.1, 0.15) is 47.1 Å². The van der Waals surface area contributed by atoms with E-state index in [-0.39, 0.29) is 5.78 Å². The van der Waals surface area contributed by atoms with Crippen molar-refractivity contribution in [2.24, 2.45) is 0 Å². The van der Waals surface area contributed by atoms with Crippen LogP contribution < -0.4 is 4.74 Å². The largest absolute Gasteiger partial charge is 0.487 e. The second-order valence-corrected chi connectivity index (χ2v) is 5.48. The molecular weight excluding hydrogens is 264 g/mol. The second-order valence-electron chi connectivity index (χ2n) is 5.48. The van der Waals surface area contributed by atoms with Gasteiger partial charge in [0.2, 0.25) is 0 Å². The van der Waals surface area contributed by atoms with Crippen molar-refractivity contribution in [1.29, 1.82) is 0 Å². The molecular formula is C17H20N2O2. The van der Waals surface area contributed by atoms with E-state index in [0.29, 0.717) is 13.0 Å². The van der Waals surface area contributed by atoms with E-state index in [2.05, 4.69) is 12.0 Å². The lowest BCUT2D eigenvalue weighted by molar-refractivity contribution is 0.0972. The molecule has 0 amide bonds. The molecule has 0 saturated carbocycles. The standard InChI is InChI=1S/C17H20N2O2/c1-3-19-14(9-12(2)18-19)11-21-15-7-8-16-13(10-15)5-4-6-17(16)20/h7-10H,3-6,11H2,1-2H3. The zero-order chi connectivity index (χ0) is 14.8. The van der Waals surface area contributed by atoms with Gasteiger partial charge in [0.25, 0.3) is 0 Å².